The Morgan fingerprint density at radius 1 is 0.912 bits per heavy atom. The number of ether oxygens (including phenoxy) is 1. The topological polar surface area (TPSA) is 72.5 Å². The molecule has 0 heterocycles. The third-order valence-electron chi connectivity index (χ3n) is 4.81. The molecule has 12 heteroatoms. The van der Waals surface area contributed by atoms with E-state index in [1.165, 1.54) is 31.2 Å². The molecule has 1 amide bonds. The number of rotatable bonds is 8. The predicted molar refractivity (Wildman–Crippen MR) is 113 cm³/mol. The van der Waals surface area contributed by atoms with Gasteiger partial charge >= 0.3 is 12.4 Å². The Balaban J connectivity index is 2.23. The summed E-state index contributed by atoms with van der Waals surface area (Å²) in [5.41, 5.74) is -5.27. The van der Waals surface area contributed by atoms with Crippen molar-refractivity contribution in [3.63, 3.8) is 0 Å². The van der Waals surface area contributed by atoms with Crippen molar-refractivity contribution in [2.75, 3.05) is 11.1 Å². The van der Waals surface area contributed by atoms with Crippen LogP contribution in [-0.4, -0.2) is 38.5 Å². The fraction of sp³-hybridized carbons (Fsp3) is 0.409. The number of sulfone groups is 1. The molecule has 1 N–H and O–H groups in total. The summed E-state index contributed by atoms with van der Waals surface area (Å²) < 4.78 is 110. The van der Waals surface area contributed by atoms with Gasteiger partial charge in [0, 0.05) is 11.3 Å². The molecule has 0 saturated heterocycles. The Kier molecular flexibility index (Phi) is 8.09. The van der Waals surface area contributed by atoms with E-state index >= 15 is 0 Å². The monoisotopic (exact) mass is 511 g/mol. The number of carbonyl (C=O) groups excluding carboxylic acids is 1. The van der Waals surface area contributed by atoms with E-state index < -0.39 is 45.4 Å². The molecule has 0 saturated carbocycles. The average Bonchev–Trinajstić information content (AvgIpc) is 2.71. The maximum atomic E-state index is 13.6. The first-order valence-corrected chi connectivity index (χ1v) is 11.7. The number of amides is 1. The van der Waals surface area contributed by atoms with Gasteiger partial charge in [0.2, 0.25) is 5.91 Å². The molecule has 0 aromatic heterocycles. The van der Waals surface area contributed by atoms with Crippen molar-refractivity contribution in [1.82, 2.24) is 0 Å². The molecule has 2 aromatic rings. The number of hydrogen-bond donors (Lipinski definition) is 1. The second-order valence-electron chi connectivity index (χ2n) is 7.69. The summed E-state index contributed by atoms with van der Waals surface area (Å²) in [7, 11) is -3.41. The molecule has 2 aromatic carbocycles. The highest BCUT2D eigenvalue weighted by Gasteiger charge is 2.73. The number of hydrogen-bond acceptors (Lipinski definition) is 4. The van der Waals surface area contributed by atoms with Gasteiger partial charge in [-0.1, -0.05) is 31.2 Å². The molecule has 0 aliphatic carbocycles. The summed E-state index contributed by atoms with van der Waals surface area (Å²) in [5.74, 6) is -0.690. The predicted octanol–water partition coefficient (Wildman–Crippen LogP) is 5.41. The number of carbonyl (C=O) groups is 1. The van der Waals surface area contributed by atoms with Crippen LogP contribution in [0.2, 0.25) is 0 Å². The second-order valence-corrected chi connectivity index (χ2v) is 9.97. The first-order valence-electron chi connectivity index (χ1n) is 10.1. The molecule has 5 nitrogen and oxygen atoms in total. The Morgan fingerprint density at radius 2 is 1.41 bits per heavy atom. The first-order chi connectivity index (χ1) is 15.5. The van der Waals surface area contributed by atoms with Crippen LogP contribution in [0.3, 0.4) is 0 Å². The van der Waals surface area contributed by atoms with Gasteiger partial charge in [-0.3, -0.25) is 4.79 Å². The summed E-state index contributed by atoms with van der Waals surface area (Å²) in [6.45, 7) is 3.61. The molecule has 0 bridgehead atoms. The number of nitrogens with one attached hydrogen (secondary N) is 1. The van der Waals surface area contributed by atoms with Crippen molar-refractivity contribution in [2.24, 2.45) is 0 Å². The van der Waals surface area contributed by atoms with Crippen LogP contribution >= 0.6 is 0 Å². The van der Waals surface area contributed by atoms with Crippen LogP contribution in [0.25, 0.3) is 0 Å². The Hall–Kier alpha value is -2.60. The molecule has 0 fully saturated rings. The van der Waals surface area contributed by atoms with Crippen molar-refractivity contribution in [1.29, 1.82) is 0 Å². The van der Waals surface area contributed by atoms with Gasteiger partial charge in [-0.25, -0.2) is 8.42 Å². The number of halogens is 6. The van der Waals surface area contributed by atoms with Crippen LogP contribution in [0.1, 0.15) is 31.9 Å². The van der Waals surface area contributed by atoms with E-state index in [9.17, 15) is 39.6 Å². The van der Waals surface area contributed by atoms with E-state index in [2.05, 4.69) is 10.1 Å². The van der Waals surface area contributed by atoms with Gasteiger partial charge in [-0.2, -0.15) is 26.3 Å². The lowest BCUT2D eigenvalue weighted by atomic mass is 9.91. The zero-order chi connectivity index (χ0) is 25.9. The van der Waals surface area contributed by atoms with E-state index in [1.54, 1.807) is 0 Å². The lowest BCUT2D eigenvalue weighted by Gasteiger charge is -2.38. The summed E-state index contributed by atoms with van der Waals surface area (Å²) in [4.78, 5) is 12.3. The van der Waals surface area contributed by atoms with Gasteiger partial charge < -0.3 is 10.1 Å². The summed E-state index contributed by atoms with van der Waals surface area (Å²) >= 11 is 0. The van der Waals surface area contributed by atoms with Gasteiger partial charge in [-0.05, 0) is 43.7 Å². The lowest BCUT2D eigenvalue weighted by Crippen LogP contribution is -2.57. The highest BCUT2D eigenvalue weighted by molar-refractivity contribution is 7.91. The zero-order valence-corrected chi connectivity index (χ0v) is 19.2. The minimum absolute atomic E-state index is 0.0262. The molecule has 34 heavy (non-hydrogen) atoms. The molecule has 188 valence electrons. The lowest BCUT2D eigenvalue weighted by molar-refractivity contribution is -0.396. The van der Waals surface area contributed by atoms with Crippen LogP contribution < -0.4 is 5.32 Å². The molecule has 0 unspecified atom stereocenters. The van der Waals surface area contributed by atoms with Crippen molar-refractivity contribution >= 4 is 21.4 Å². The van der Waals surface area contributed by atoms with E-state index in [4.69, 9.17) is 0 Å². The Morgan fingerprint density at radius 3 is 1.82 bits per heavy atom. The molecule has 0 radical (unpaired) electrons. The van der Waals surface area contributed by atoms with Gasteiger partial charge in [0.1, 0.15) is 0 Å². The van der Waals surface area contributed by atoms with Crippen LogP contribution in [0.5, 0.6) is 0 Å². The maximum Gasteiger partial charge on any atom is 0.430 e. The molecule has 2 rings (SSSR count). The molecular weight excluding hydrogens is 488 g/mol. The third kappa shape index (κ3) is 5.90. The Bertz CT molecular complexity index is 1080. The standard InChI is InChI=1S/C22H23F6NO4S/c1-4-34(31,32)18-11-5-15(6-12-18)13-19(30)29-17-9-7-16(8-10-17)20(21(23,24)25,22(26,27)28)33-14(2)3/h5-12,14H,4,13H2,1-3H3,(H,29,30). The zero-order valence-electron chi connectivity index (χ0n) is 18.4. The normalized spacial score (nSPS) is 13.2. The van der Waals surface area contributed by atoms with Gasteiger partial charge in [-0.15, -0.1) is 0 Å². The van der Waals surface area contributed by atoms with Gasteiger partial charge in [0.25, 0.3) is 5.60 Å². The smallest absolute Gasteiger partial charge is 0.351 e. The molecular formula is C22H23F6NO4S. The molecule has 0 spiro atoms. The van der Waals surface area contributed by atoms with E-state index in [-0.39, 0.29) is 22.8 Å². The van der Waals surface area contributed by atoms with Gasteiger partial charge in [0.15, 0.2) is 9.84 Å². The third-order valence-corrected chi connectivity index (χ3v) is 6.56. The minimum atomic E-state index is -5.79. The minimum Gasteiger partial charge on any atom is -0.351 e. The van der Waals surface area contributed by atoms with E-state index in [0.29, 0.717) is 17.7 Å². The summed E-state index contributed by atoms with van der Waals surface area (Å²) in [5, 5.41) is 2.38. The van der Waals surface area contributed by atoms with Crippen LogP contribution in [-0.2, 0) is 31.4 Å². The highest BCUT2D eigenvalue weighted by Crippen LogP contribution is 2.53. The summed E-state index contributed by atoms with van der Waals surface area (Å²) in [6.07, 6.45) is -13.2. The van der Waals surface area contributed by atoms with Crippen LogP contribution in [0, 0.1) is 0 Å². The van der Waals surface area contributed by atoms with Crippen molar-refractivity contribution in [3.05, 3.63) is 59.7 Å². The number of alkyl halides is 6. The number of anilines is 1. The molecule has 0 atom stereocenters. The van der Waals surface area contributed by atoms with Crippen molar-refractivity contribution in [2.45, 2.75) is 56.1 Å². The van der Waals surface area contributed by atoms with Crippen LogP contribution in [0.4, 0.5) is 32.0 Å². The van der Waals surface area contributed by atoms with E-state index in [0.717, 1.165) is 26.0 Å². The molecule has 0 aliphatic rings. The van der Waals surface area contributed by atoms with E-state index in [1.807, 2.05) is 0 Å². The Labute approximate surface area is 193 Å². The fourth-order valence-corrected chi connectivity index (χ4v) is 4.09. The van der Waals surface area contributed by atoms with Gasteiger partial charge in [0.05, 0.1) is 23.2 Å². The number of benzene rings is 2. The second kappa shape index (κ2) is 9.95. The highest BCUT2D eigenvalue weighted by atomic mass is 32.2. The van der Waals surface area contributed by atoms with Crippen molar-refractivity contribution in [3.8, 4) is 0 Å². The average molecular weight is 511 g/mol. The SMILES string of the molecule is CCS(=O)(=O)c1ccc(CC(=O)Nc2ccc(C(OC(C)C)(C(F)(F)F)C(F)(F)F)cc2)cc1. The summed E-state index contributed by atoms with van der Waals surface area (Å²) in [6, 6.07) is 8.61. The fourth-order valence-electron chi connectivity index (χ4n) is 3.20. The molecule has 0 aliphatic heterocycles. The van der Waals surface area contributed by atoms with Crippen molar-refractivity contribution < 1.29 is 44.3 Å². The first kappa shape index (κ1) is 27.6. The quantitative estimate of drug-likeness (QED) is 0.482. The maximum absolute atomic E-state index is 13.6. The largest absolute Gasteiger partial charge is 0.430 e. The van der Waals surface area contributed by atoms with Crippen LogP contribution in [0.15, 0.2) is 53.4 Å².